The van der Waals surface area contributed by atoms with E-state index in [1.54, 1.807) is 89.2 Å². The fraction of sp³-hybridized carbons (Fsp3) is 0.611. The molecule has 538 valence electrons. The Labute approximate surface area is 581 Å². The third kappa shape index (κ3) is 22.7. The first-order valence-electron chi connectivity index (χ1n) is 34.6. The Morgan fingerprint density at radius 1 is 0.704 bits per heavy atom. The van der Waals surface area contributed by atoms with Crippen molar-refractivity contribution in [2.45, 2.75) is 206 Å². The van der Waals surface area contributed by atoms with Gasteiger partial charge in [-0.3, -0.25) is 48.1 Å². The highest BCUT2D eigenvalue weighted by Gasteiger charge is 2.45. The minimum absolute atomic E-state index is 0.00582. The van der Waals surface area contributed by atoms with E-state index in [0.717, 1.165) is 36.3 Å². The second kappa shape index (κ2) is 38.9. The molecule has 1 saturated carbocycles. The fourth-order valence-electron chi connectivity index (χ4n) is 13.6. The first-order valence-corrected chi connectivity index (χ1v) is 35.5. The monoisotopic (exact) mass is 1380 g/mol. The normalized spacial score (nSPS) is 17.7. The van der Waals surface area contributed by atoms with Gasteiger partial charge in [-0.2, -0.15) is 0 Å². The number of rotatable bonds is 38. The van der Waals surface area contributed by atoms with Crippen molar-refractivity contribution < 1.29 is 67.0 Å². The average Bonchev–Trinajstić information content (AvgIpc) is 1.61. The van der Waals surface area contributed by atoms with Gasteiger partial charge in [0.25, 0.3) is 0 Å². The lowest BCUT2D eigenvalue weighted by Crippen LogP contribution is -2.60. The number of hydrogen-bond donors (Lipinski definition) is 7. The number of methoxy groups -OCH3 is 2. The molecule has 10 amide bonds. The quantitative estimate of drug-likeness (QED) is 0.0218. The molecule has 3 aromatic rings. The molecule has 0 radical (unpaired) electrons. The Morgan fingerprint density at radius 2 is 1.38 bits per heavy atom. The summed E-state index contributed by atoms with van der Waals surface area (Å²) in [7, 11) is 6.27. The summed E-state index contributed by atoms with van der Waals surface area (Å²) >= 11 is 1.47. The number of aromatic nitrogens is 1. The Morgan fingerprint density at radius 3 is 1.98 bits per heavy atom. The van der Waals surface area contributed by atoms with E-state index in [9.17, 15) is 47.9 Å². The SMILES string of the molecule is CO[C@H]([C@@H](C)C(=O)N[C@@H](Cc1ccccc1)c1nccs1)[C@@H]1CCCN1C(=O)C[C@@H](OC)[C@H](C1CCCC1)N(C)C(=O)[C@@H](NC(=O)[C@H](C(C)C)N(C)C(=O)OCc1ccc(NC(=O)C(CCCNC(N)=O)NC(=O)[C@@H](NC(=O)CCCCCC2C(=O)C=CC2=O)C(C)C)cc1)C(C)C. The molecule has 6 rings (SSSR count). The molecule has 3 aliphatic rings. The molecule has 98 heavy (non-hydrogen) atoms. The zero-order valence-corrected chi connectivity index (χ0v) is 59.7. The van der Waals surface area contributed by atoms with E-state index in [4.69, 9.17) is 19.9 Å². The van der Waals surface area contributed by atoms with Crippen LogP contribution in [0.2, 0.25) is 0 Å². The standard InChI is InChI=1S/C72H105N11O14S/c1-43(2)60(79-58(86)29-17-13-16-26-51-55(84)34-35-56(51)85)67(90)77-52(27-20-36-75-71(73)93)66(89)76-50-32-30-48(31-33-50)42-97-72(94)82(9)62(45(5)6)68(91)80-61(44(3)4)70(92)81(8)63(49-24-18-19-25-49)57(95-10)41-59(87)83-38-21-28-54(83)64(96-11)46(7)65(88)78-53(69-74-37-39-98-69)40-47-22-14-12-15-23-47/h12,14-15,22-23,30-35,37,39,43-46,49,51-54,57,60-64H,13,16-21,24-29,36,38,40-42H2,1-11H3,(H,76,89)(H,77,90)(H,78,88)(H,79,86)(H,80,91)(H3,73,75,93)/t46-,52?,53+,54+,57-,60+,61+,62+,63+,64-/m1/s1. The first-order chi connectivity index (χ1) is 46.7. The summed E-state index contributed by atoms with van der Waals surface area (Å²) in [6, 6.07) is 10.1. The van der Waals surface area contributed by atoms with E-state index < -0.39 is 102 Å². The van der Waals surface area contributed by atoms with Crippen molar-refractivity contribution in [1.82, 2.24) is 46.3 Å². The lowest BCUT2D eigenvalue weighted by atomic mass is 9.88. The number of carbonyl (C=O) groups is 11. The topological polar surface area (TPSA) is 336 Å². The lowest BCUT2D eigenvalue weighted by Gasteiger charge is -2.41. The van der Waals surface area contributed by atoms with Crippen LogP contribution in [-0.4, -0.2) is 175 Å². The number of nitrogens with one attached hydrogen (secondary N) is 6. The maximum absolute atomic E-state index is 15.0. The van der Waals surface area contributed by atoms with Gasteiger partial charge in [0.2, 0.25) is 41.4 Å². The number of nitrogens with two attached hydrogens (primary N) is 1. The number of thiazole rings is 1. The third-order valence-electron chi connectivity index (χ3n) is 19.0. The first kappa shape index (κ1) is 78.9. The lowest BCUT2D eigenvalue weighted by molar-refractivity contribution is -0.148. The predicted molar refractivity (Wildman–Crippen MR) is 371 cm³/mol. The molecule has 26 heteroatoms. The zero-order chi connectivity index (χ0) is 71.8. The molecule has 1 saturated heterocycles. The molecule has 2 aromatic carbocycles. The maximum Gasteiger partial charge on any atom is 0.410 e. The number of anilines is 1. The maximum atomic E-state index is 15.0. The van der Waals surface area contributed by atoms with Gasteiger partial charge < -0.3 is 61.6 Å². The number of amides is 10. The van der Waals surface area contributed by atoms with Gasteiger partial charge in [0, 0.05) is 65.1 Å². The summed E-state index contributed by atoms with van der Waals surface area (Å²) < 4.78 is 18.1. The molecule has 8 N–H and O–H groups in total. The zero-order valence-electron chi connectivity index (χ0n) is 58.9. The predicted octanol–water partition coefficient (Wildman–Crippen LogP) is 7.33. The number of allylic oxidation sites excluding steroid dienone is 2. The number of ketones is 2. The number of likely N-dealkylation sites (tertiary alicyclic amines) is 1. The number of hydrogen-bond acceptors (Lipinski definition) is 16. The van der Waals surface area contributed by atoms with Gasteiger partial charge in [-0.25, -0.2) is 14.6 Å². The molecule has 2 heterocycles. The minimum Gasteiger partial charge on any atom is -0.445 e. The molecule has 25 nitrogen and oxygen atoms in total. The highest BCUT2D eigenvalue weighted by Crippen LogP contribution is 2.36. The molecular weight excluding hydrogens is 1270 g/mol. The van der Waals surface area contributed by atoms with Crippen LogP contribution in [0.15, 0.2) is 78.3 Å². The van der Waals surface area contributed by atoms with E-state index in [2.05, 4.69) is 36.9 Å². The van der Waals surface area contributed by atoms with Crippen LogP contribution in [0.5, 0.6) is 0 Å². The van der Waals surface area contributed by atoms with Crippen LogP contribution in [0.3, 0.4) is 0 Å². The number of unbranched alkanes of at least 4 members (excludes halogenated alkanes) is 2. The van der Waals surface area contributed by atoms with Gasteiger partial charge >= 0.3 is 12.1 Å². The minimum atomic E-state index is -1.11. The number of ether oxygens (including phenoxy) is 3. The second-order valence-electron chi connectivity index (χ2n) is 27.2. The van der Waals surface area contributed by atoms with Crippen LogP contribution in [0.25, 0.3) is 0 Å². The highest BCUT2D eigenvalue weighted by molar-refractivity contribution is 7.09. The number of urea groups is 1. The summed E-state index contributed by atoms with van der Waals surface area (Å²) in [5, 5.41) is 19.7. The number of carbonyl (C=O) groups excluding carboxylic acids is 11. The number of likely N-dealkylation sites (N-methyl/N-ethyl adjacent to an activating group) is 2. The summed E-state index contributed by atoms with van der Waals surface area (Å²) in [5.41, 5.74) is 7.19. The Balaban J connectivity index is 1.04. The van der Waals surface area contributed by atoms with E-state index in [1.165, 1.54) is 35.4 Å². The molecule has 0 bridgehead atoms. The molecular formula is C72H105N11O14S. The van der Waals surface area contributed by atoms with Gasteiger partial charge in [0.1, 0.15) is 35.8 Å². The van der Waals surface area contributed by atoms with Gasteiger partial charge in [-0.05, 0) is 117 Å². The van der Waals surface area contributed by atoms with Crippen LogP contribution in [-0.2, 0) is 70.4 Å². The summed E-state index contributed by atoms with van der Waals surface area (Å²) in [5.74, 6) is -5.79. The largest absolute Gasteiger partial charge is 0.445 e. The number of benzene rings is 2. The van der Waals surface area contributed by atoms with Crippen LogP contribution in [0.4, 0.5) is 15.3 Å². The van der Waals surface area contributed by atoms with Crippen molar-refractivity contribution in [2.24, 2.45) is 41.2 Å². The van der Waals surface area contributed by atoms with Crippen molar-refractivity contribution in [2.75, 3.05) is 46.7 Å². The van der Waals surface area contributed by atoms with Crippen molar-refractivity contribution >= 4 is 82.1 Å². The van der Waals surface area contributed by atoms with Crippen molar-refractivity contribution in [3.8, 4) is 0 Å². The summed E-state index contributed by atoms with van der Waals surface area (Å²) in [6.45, 7) is 12.9. The Bertz CT molecular complexity index is 3160. The molecule has 0 spiro atoms. The summed E-state index contributed by atoms with van der Waals surface area (Å²) in [4.78, 5) is 157. The van der Waals surface area contributed by atoms with Crippen molar-refractivity contribution in [3.63, 3.8) is 0 Å². The molecule has 1 aliphatic heterocycles. The van der Waals surface area contributed by atoms with E-state index in [1.807, 2.05) is 56.5 Å². The highest BCUT2D eigenvalue weighted by atomic mass is 32.1. The fourth-order valence-corrected chi connectivity index (χ4v) is 14.3. The smallest absolute Gasteiger partial charge is 0.410 e. The second-order valence-corrected chi connectivity index (χ2v) is 28.1. The van der Waals surface area contributed by atoms with E-state index in [-0.39, 0.29) is 91.9 Å². The van der Waals surface area contributed by atoms with Gasteiger partial charge in [-0.15, -0.1) is 11.3 Å². The Hall–Kier alpha value is -8.10. The van der Waals surface area contributed by atoms with Gasteiger partial charge in [0.05, 0.1) is 48.6 Å². The molecule has 10 atom stereocenters. The van der Waals surface area contributed by atoms with Crippen LogP contribution < -0.4 is 37.6 Å². The number of nitrogens with zero attached hydrogens (tertiary/aromatic N) is 4. The van der Waals surface area contributed by atoms with Crippen molar-refractivity contribution in [1.29, 1.82) is 0 Å². The molecule has 1 aromatic heterocycles. The number of primary amides is 1. The van der Waals surface area contributed by atoms with Crippen molar-refractivity contribution in [3.05, 3.63) is 94.5 Å². The van der Waals surface area contributed by atoms with Crippen LogP contribution >= 0.6 is 11.3 Å². The molecule has 1 unspecified atom stereocenters. The van der Waals surface area contributed by atoms with E-state index in [0.29, 0.717) is 62.7 Å². The van der Waals surface area contributed by atoms with Gasteiger partial charge in [-0.1, -0.05) is 117 Å². The van der Waals surface area contributed by atoms with Gasteiger partial charge in [0.15, 0.2) is 11.6 Å². The molecule has 2 aliphatic carbocycles. The summed E-state index contributed by atoms with van der Waals surface area (Å²) in [6.07, 6.45) is 10.0. The van der Waals surface area contributed by atoms with E-state index >= 15 is 4.79 Å². The third-order valence-corrected chi connectivity index (χ3v) is 19.9. The van der Waals surface area contributed by atoms with Crippen LogP contribution in [0, 0.1) is 35.5 Å². The average molecular weight is 1380 g/mol. The molecule has 2 fully saturated rings. The Kier molecular flexibility index (Phi) is 31.3. The van der Waals surface area contributed by atoms with Crippen LogP contribution in [0.1, 0.15) is 161 Å².